The molecule has 0 fully saturated rings. The minimum Gasteiger partial charge on any atom is -0.466 e. The third kappa shape index (κ3) is 73.6. The molecule has 524 valence electrons. The highest BCUT2D eigenvalue weighted by Crippen LogP contribution is 2.21. The summed E-state index contributed by atoms with van der Waals surface area (Å²) in [5.74, 6) is -0.00458. The number of nitrogens with one attached hydrogen (secondary N) is 1. The molecule has 1 amide bonds. The van der Waals surface area contributed by atoms with Crippen LogP contribution in [0.25, 0.3) is 0 Å². The maximum absolute atomic E-state index is 12.6. The number of aliphatic hydroxyl groups excluding tert-OH is 2. The van der Waals surface area contributed by atoms with E-state index in [0.29, 0.717) is 25.9 Å². The lowest BCUT2D eigenvalue weighted by Gasteiger charge is -2.22. The van der Waals surface area contributed by atoms with E-state index in [1.54, 1.807) is 0 Å². The number of esters is 1. The van der Waals surface area contributed by atoms with Gasteiger partial charge in [-0.05, 0) is 51.4 Å². The Morgan fingerprint density at radius 2 is 0.534 bits per heavy atom. The van der Waals surface area contributed by atoms with E-state index in [1.165, 1.54) is 405 Å². The fraction of sp³-hybridized carbons (Fsp3) is 0.951. The second-order valence-corrected chi connectivity index (χ2v) is 28.5. The molecule has 0 aliphatic carbocycles. The van der Waals surface area contributed by atoms with Crippen molar-refractivity contribution in [3.63, 3.8) is 0 Å². The predicted molar refractivity (Wildman–Crippen MR) is 389 cm³/mol. The Balaban J connectivity index is 3.31. The summed E-state index contributed by atoms with van der Waals surface area (Å²) in [5, 5.41) is 23.5. The van der Waals surface area contributed by atoms with Gasteiger partial charge in [0.15, 0.2) is 0 Å². The Kier molecular flexibility index (Phi) is 76.8. The molecular weight excluding hydrogens is 1080 g/mol. The number of unbranched alkanes of at least 4 members (excludes halogenated alkanes) is 65. The van der Waals surface area contributed by atoms with Gasteiger partial charge < -0.3 is 20.3 Å². The first kappa shape index (κ1) is 86.6. The average molecular weight is 1240 g/mol. The number of aliphatic hydroxyl groups is 2. The van der Waals surface area contributed by atoms with Crippen molar-refractivity contribution in [3.05, 3.63) is 12.2 Å². The molecule has 0 radical (unpaired) electrons. The minimum atomic E-state index is -0.661. The lowest BCUT2D eigenvalue weighted by molar-refractivity contribution is -0.143. The van der Waals surface area contributed by atoms with Crippen LogP contribution in [0.4, 0.5) is 0 Å². The molecule has 0 aromatic carbocycles. The van der Waals surface area contributed by atoms with Crippen LogP contribution in [0.15, 0.2) is 12.2 Å². The molecule has 0 bridgehead atoms. The minimum absolute atomic E-state index is 0.0197. The van der Waals surface area contributed by atoms with Gasteiger partial charge in [0.25, 0.3) is 0 Å². The van der Waals surface area contributed by atoms with Crippen molar-refractivity contribution in [2.75, 3.05) is 13.2 Å². The normalized spacial score (nSPS) is 12.5. The number of amides is 1. The summed E-state index contributed by atoms with van der Waals surface area (Å²) in [6.45, 7) is 5.01. The summed E-state index contributed by atoms with van der Waals surface area (Å²) < 4.78 is 5.51. The lowest BCUT2D eigenvalue weighted by Crippen LogP contribution is -2.45. The van der Waals surface area contributed by atoms with Gasteiger partial charge in [0.05, 0.1) is 25.4 Å². The molecule has 0 aromatic rings. The fourth-order valence-electron chi connectivity index (χ4n) is 13.3. The van der Waals surface area contributed by atoms with Crippen molar-refractivity contribution < 1.29 is 24.5 Å². The Hall–Kier alpha value is -1.40. The molecule has 0 saturated carbocycles. The predicted octanol–water partition coefficient (Wildman–Crippen LogP) is 27.1. The van der Waals surface area contributed by atoms with Gasteiger partial charge in [-0.15, -0.1) is 0 Å². The van der Waals surface area contributed by atoms with Gasteiger partial charge in [-0.2, -0.15) is 0 Å². The van der Waals surface area contributed by atoms with Crippen molar-refractivity contribution >= 4 is 11.9 Å². The third-order valence-electron chi connectivity index (χ3n) is 19.6. The highest BCUT2D eigenvalue weighted by molar-refractivity contribution is 5.76. The first-order valence-corrected chi connectivity index (χ1v) is 40.9. The standard InChI is InChI=1S/C82H161NO5/c1-3-5-7-9-11-13-15-17-19-21-22-36-39-43-46-50-54-58-62-66-70-74-80(85)79(78-84)83-81(86)75-71-67-63-59-55-51-47-44-40-37-34-32-30-28-26-24-23-25-27-29-31-33-35-38-41-45-49-53-57-61-65-69-73-77-88-82(87)76-72-68-64-60-56-52-48-42-20-18-16-14-12-10-8-6-4-2/h18,20,79-80,84-85H,3-17,19,21-78H2,1-2H3,(H,83,86)/b20-18-. The number of allylic oxidation sites excluding steroid dienone is 2. The summed E-state index contributed by atoms with van der Waals surface area (Å²) in [7, 11) is 0. The zero-order valence-corrected chi connectivity index (χ0v) is 60.3. The van der Waals surface area contributed by atoms with Crippen LogP contribution in [0.1, 0.15) is 476 Å². The molecule has 0 heterocycles. The number of carbonyl (C=O) groups is 2. The van der Waals surface area contributed by atoms with E-state index >= 15 is 0 Å². The van der Waals surface area contributed by atoms with Gasteiger partial charge >= 0.3 is 5.97 Å². The second-order valence-electron chi connectivity index (χ2n) is 28.5. The van der Waals surface area contributed by atoms with Gasteiger partial charge in [-0.25, -0.2) is 0 Å². The first-order valence-electron chi connectivity index (χ1n) is 40.9. The van der Waals surface area contributed by atoms with Gasteiger partial charge in [0.2, 0.25) is 5.91 Å². The Bertz CT molecular complexity index is 1340. The van der Waals surface area contributed by atoms with Crippen molar-refractivity contribution in [1.82, 2.24) is 5.32 Å². The fourth-order valence-corrected chi connectivity index (χ4v) is 13.3. The largest absolute Gasteiger partial charge is 0.466 e. The lowest BCUT2D eigenvalue weighted by atomic mass is 10.0. The molecule has 2 unspecified atom stereocenters. The van der Waals surface area contributed by atoms with Gasteiger partial charge in [0, 0.05) is 12.8 Å². The Labute approximate surface area is 552 Å². The zero-order chi connectivity index (χ0) is 63.5. The maximum atomic E-state index is 12.6. The van der Waals surface area contributed by atoms with E-state index < -0.39 is 12.1 Å². The number of hydrogen-bond acceptors (Lipinski definition) is 5. The van der Waals surface area contributed by atoms with E-state index in [-0.39, 0.29) is 18.5 Å². The summed E-state index contributed by atoms with van der Waals surface area (Å²) in [5.41, 5.74) is 0. The average Bonchev–Trinajstić information content (AvgIpc) is 3.58. The molecule has 6 nitrogen and oxygen atoms in total. The third-order valence-corrected chi connectivity index (χ3v) is 19.6. The quantitative estimate of drug-likeness (QED) is 0.0320. The smallest absolute Gasteiger partial charge is 0.305 e. The van der Waals surface area contributed by atoms with Crippen LogP contribution in [0.2, 0.25) is 0 Å². The molecule has 0 aliphatic heterocycles. The zero-order valence-electron chi connectivity index (χ0n) is 60.3. The summed E-state index contributed by atoms with van der Waals surface area (Å²) in [6, 6.07) is -0.538. The van der Waals surface area contributed by atoms with Crippen molar-refractivity contribution in [1.29, 1.82) is 0 Å². The number of rotatable bonds is 78. The summed E-state index contributed by atoms with van der Waals surface area (Å²) in [4.78, 5) is 24.7. The molecule has 0 rings (SSSR count). The van der Waals surface area contributed by atoms with Crippen LogP contribution in [0.3, 0.4) is 0 Å². The van der Waals surface area contributed by atoms with Gasteiger partial charge in [-0.3, -0.25) is 9.59 Å². The molecular formula is C82H161NO5. The number of hydrogen-bond donors (Lipinski definition) is 3. The Morgan fingerprint density at radius 3 is 0.807 bits per heavy atom. The SMILES string of the molecule is CCCCCCCC/C=C\CCCCCCCCCC(=O)OCCCCCCCCCCCCCCCCCCCCCCCCCCCCCCCCCCCC(=O)NC(CO)C(O)CCCCCCCCCCCCCCCCCCCCCCC. The topological polar surface area (TPSA) is 95.9 Å². The van der Waals surface area contributed by atoms with Crippen LogP contribution in [-0.2, 0) is 14.3 Å². The summed E-state index contributed by atoms with van der Waals surface area (Å²) in [6.07, 6.45) is 98.9. The van der Waals surface area contributed by atoms with Crippen molar-refractivity contribution in [3.8, 4) is 0 Å². The number of ether oxygens (including phenoxy) is 1. The van der Waals surface area contributed by atoms with Crippen LogP contribution in [-0.4, -0.2) is 47.4 Å². The van der Waals surface area contributed by atoms with Crippen LogP contribution in [0.5, 0.6) is 0 Å². The van der Waals surface area contributed by atoms with Crippen LogP contribution >= 0.6 is 0 Å². The highest BCUT2D eigenvalue weighted by atomic mass is 16.5. The first-order chi connectivity index (χ1) is 43.5. The van der Waals surface area contributed by atoms with Crippen molar-refractivity contribution in [2.45, 2.75) is 488 Å². The van der Waals surface area contributed by atoms with E-state index in [1.807, 2.05) is 0 Å². The van der Waals surface area contributed by atoms with Crippen LogP contribution < -0.4 is 5.32 Å². The molecule has 0 aliphatic rings. The summed E-state index contributed by atoms with van der Waals surface area (Å²) >= 11 is 0. The number of carbonyl (C=O) groups excluding carboxylic acids is 2. The van der Waals surface area contributed by atoms with E-state index in [4.69, 9.17) is 4.74 Å². The maximum Gasteiger partial charge on any atom is 0.305 e. The monoisotopic (exact) mass is 1240 g/mol. The Morgan fingerprint density at radius 1 is 0.307 bits per heavy atom. The molecule has 0 aromatic heterocycles. The van der Waals surface area contributed by atoms with E-state index in [0.717, 1.165) is 38.5 Å². The molecule has 0 saturated heterocycles. The highest BCUT2D eigenvalue weighted by Gasteiger charge is 2.20. The molecule has 2 atom stereocenters. The van der Waals surface area contributed by atoms with Crippen LogP contribution in [0, 0.1) is 0 Å². The van der Waals surface area contributed by atoms with Gasteiger partial charge in [-0.1, -0.05) is 424 Å². The van der Waals surface area contributed by atoms with E-state index in [2.05, 4.69) is 31.3 Å². The molecule has 3 N–H and O–H groups in total. The molecule has 0 spiro atoms. The van der Waals surface area contributed by atoms with E-state index in [9.17, 15) is 19.8 Å². The second kappa shape index (κ2) is 78.0. The molecule has 6 heteroatoms. The van der Waals surface area contributed by atoms with Crippen molar-refractivity contribution in [2.24, 2.45) is 0 Å². The molecule has 88 heavy (non-hydrogen) atoms. The van der Waals surface area contributed by atoms with Gasteiger partial charge in [0.1, 0.15) is 0 Å².